The Balaban J connectivity index is 2.27. The Morgan fingerprint density at radius 3 is 2.42 bits per heavy atom. The van der Waals surface area contributed by atoms with Crippen LogP contribution in [0.3, 0.4) is 0 Å². The van der Waals surface area contributed by atoms with Crippen LogP contribution in [0, 0.1) is 0 Å². The van der Waals surface area contributed by atoms with Gasteiger partial charge in [-0.05, 0) is 33.9 Å². The van der Waals surface area contributed by atoms with Crippen LogP contribution in [0.5, 0.6) is 0 Å². The summed E-state index contributed by atoms with van der Waals surface area (Å²) < 4.78 is 0. The number of nitrogens with zero attached hydrogens (tertiary/aromatic N) is 2. The van der Waals surface area contributed by atoms with Crippen molar-refractivity contribution in [3.8, 4) is 0 Å². The summed E-state index contributed by atoms with van der Waals surface area (Å²) >= 11 is 0. The lowest BCUT2D eigenvalue weighted by Gasteiger charge is -2.43. The van der Waals surface area contributed by atoms with Crippen LogP contribution in [0.1, 0.15) is 27.2 Å². The normalized spacial score (nSPS) is 18.5. The van der Waals surface area contributed by atoms with Crippen molar-refractivity contribution in [2.24, 2.45) is 0 Å². The highest BCUT2D eigenvalue weighted by Gasteiger charge is 2.29. The van der Waals surface area contributed by atoms with E-state index in [1.165, 1.54) is 0 Å². The van der Waals surface area contributed by atoms with Gasteiger partial charge in [0, 0.05) is 38.3 Å². The van der Waals surface area contributed by atoms with Crippen LogP contribution in [0.2, 0.25) is 0 Å². The van der Waals surface area contributed by atoms with Crippen molar-refractivity contribution in [3.63, 3.8) is 0 Å². The molecule has 0 aromatic heterocycles. The third-order valence-corrected chi connectivity index (χ3v) is 3.79. The molecule has 1 saturated heterocycles. The van der Waals surface area contributed by atoms with Crippen molar-refractivity contribution in [3.05, 3.63) is 0 Å². The maximum atomic E-state index is 11.7. The topological polar surface area (TPSA) is 47.6 Å². The molecule has 1 rings (SSSR count). The Hall–Kier alpha value is -0.650. The fourth-order valence-electron chi connectivity index (χ4n) is 2.28. The Kier molecular flexibility index (Phi) is 6.75. The number of piperazine rings is 1. The highest BCUT2D eigenvalue weighted by Crippen LogP contribution is 2.15. The lowest BCUT2D eigenvalue weighted by atomic mass is 10.0. The van der Waals surface area contributed by atoms with Gasteiger partial charge in [-0.25, -0.2) is 0 Å². The molecule has 1 aliphatic rings. The average Bonchev–Trinajstić information content (AvgIpc) is 2.37. The average molecular weight is 270 g/mol. The summed E-state index contributed by atoms with van der Waals surface area (Å²) in [7, 11) is 2.16. The van der Waals surface area contributed by atoms with Gasteiger partial charge in [0.05, 0.1) is 6.54 Å². The molecule has 19 heavy (non-hydrogen) atoms. The summed E-state index contributed by atoms with van der Waals surface area (Å²) in [5, 5.41) is 6.16. The molecule has 0 saturated carbocycles. The predicted octanol–water partition coefficient (Wildman–Crippen LogP) is 0.128. The minimum atomic E-state index is 0.0294. The van der Waals surface area contributed by atoms with Crippen LogP contribution in [0.25, 0.3) is 0 Å². The molecule has 0 spiro atoms. The molecule has 1 fully saturated rings. The molecule has 0 radical (unpaired) electrons. The van der Waals surface area contributed by atoms with E-state index in [9.17, 15) is 4.79 Å². The summed E-state index contributed by atoms with van der Waals surface area (Å²) in [6, 6.07) is 0. The number of nitrogens with one attached hydrogen (secondary N) is 2. The molecule has 0 atom stereocenters. The van der Waals surface area contributed by atoms with Gasteiger partial charge in [-0.2, -0.15) is 0 Å². The van der Waals surface area contributed by atoms with Gasteiger partial charge in [-0.3, -0.25) is 9.69 Å². The fraction of sp³-hybridized carbons (Fsp3) is 0.929. The quantitative estimate of drug-likeness (QED) is 0.646. The molecular formula is C14H30N4O. The minimum Gasteiger partial charge on any atom is -0.353 e. The lowest BCUT2D eigenvalue weighted by Crippen LogP contribution is -2.58. The van der Waals surface area contributed by atoms with E-state index in [2.05, 4.69) is 48.3 Å². The first-order valence-electron chi connectivity index (χ1n) is 7.36. The molecule has 0 aromatic rings. The minimum absolute atomic E-state index is 0.0294. The Labute approximate surface area is 117 Å². The van der Waals surface area contributed by atoms with Gasteiger partial charge in [0.15, 0.2) is 0 Å². The van der Waals surface area contributed by atoms with Crippen molar-refractivity contribution < 1.29 is 4.79 Å². The first-order valence-corrected chi connectivity index (χ1v) is 7.36. The second-order valence-electron chi connectivity index (χ2n) is 6.06. The molecule has 0 unspecified atom stereocenters. The van der Waals surface area contributed by atoms with Gasteiger partial charge in [0.25, 0.3) is 0 Å². The van der Waals surface area contributed by atoms with Gasteiger partial charge < -0.3 is 15.5 Å². The first kappa shape index (κ1) is 16.4. The molecule has 0 bridgehead atoms. The summed E-state index contributed by atoms with van der Waals surface area (Å²) in [5.41, 5.74) is 0.0294. The van der Waals surface area contributed by atoms with Gasteiger partial charge in [0.2, 0.25) is 5.91 Å². The van der Waals surface area contributed by atoms with Crippen molar-refractivity contribution in [1.29, 1.82) is 0 Å². The van der Waals surface area contributed by atoms with Gasteiger partial charge >= 0.3 is 0 Å². The molecule has 1 amide bonds. The lowest BCUT2D eigenvalue weighted by molar-refractivity contribution is -0.120. The molecular weight excluding hydrogens is 240 g/mol. The van der Waals surface area contributed by atoms with Gasteiger partial charge in [-0.1, -0.05) is 6.92 Å². The number of carbonyl (C=O) groups excluding carboxylic acids is 1. The van der Waals surface area contributed by atoms with E-state index in [0.717, 1.165) is 39.1 Å². The predicted molar refractivity (Wildman–Crippen MR) is 79.3 cm³/mol. The van der Waals surface area contributed by atoms with E-state index in [0.29, 0.717) is 13.1 Å². The molecule has 1 aliphatic heterocycles. The maximum absolute atomic E-state index is 11.7. The van der Waals surface area contributed by atoms with Crippen LogP contribution in [0.15, 0.2) is 0 Å². The highest BCUT2D eigenvalue weighted by atomic mass is 16.1. The molecule has 112 valence electrons. The molecule has 0 aliphatic carbocycles. The first-order chi connectivity index (χ1) is 8.95. The van der Waals surface area contributed by atoms with E-state index in [1.807, 2.05) is 0 Å². The fourth-order valence-corrected chi connectivity index (χ4v) is 2.28. The number of hydrogen-bond donors (Lipinski definition) is 2. The van der Waals surface area contributed by atoms with Crippen LogP contribution in [0.4, 0.5) is 0 Å². The van der Waals surface area contributed by atoms with Crippen molar-refractivity contribution in [2.45, 2.75) is 32.7 Å². The molecule has 1 heterocycles. The summed E-state index contributed by atoms with van der Waals surface area (Å²) in [6.45, 7) is 12.9. The number of likely N-dealkylation sites (N-methyl/N-ethyl adjacent to an activating group) is 1. The Morgan fingerprint density at radius 2 is 1.84 bits per heavy atom. The maximum Gasteiger partial charge on any atom is 0.234 e. The van der Waals surface area contributed by atoms with Crippen LogP contribution < -0.4 is 10.6 Å². The standard InChI is InChI=1S/C14H30N4O/c1-5-6-15-11-13(19)16-12-14(2,3)18-9-7-17(4)8-10-18/h15H,5-12H2,1-4H3,(H,16,19). The number of hydrogen-bond acceptors (Lipinski definition) is 4. The monoisotopic (exact) mass is 270 g/mol. The summed E-state index contributed by atoms with van der Waals surface area (Å²) in [4.78, 5) is 16.5. The van der Waals surface area contributed by atoms with Crippen LogP contribution >= 0.6 is 0 Å². The van der Waals surface area contributed by atoms with E-state index >= 15 is 0 Å². The summed E-state index contributed by atoms with van der Waals surface area (Å²) in [5.74, 6) is 0.0932. The molecule has 5 heteroatoms. The zero-order valence-electron chi connectivity index (χ0n) is 13.0. The van der Waals surface area contributed by atoms with Crippen LogP contribution in [-0.2, 0) is 4.79 Å². The third kappa shape index (κ3) is 5.89. The van der Waals surface area contributed by atoms with Gasteiger partial charge in [-0.15, -0.1) is 0 Å². The SMILES string of the molecule is CCCNCC(=O)NCC(C)(C)N1CCN(C)CC1. The number of rotatable bonds is 7. The number of carbonyl (C=O) groups is 1. The Bertz CT molecular complexity index is 273. The molecule has 2 N–H and O–H groups in total. The van der Waals surface area contributed by atoms with Gasteiger partial charge in [0.1, 0.15) is 0 Å². The second kappa shape index (κ2) is 7.82. The van der Waals surface area contributed by atoms with Crippen molar-refractivity contribution in [1.82, 2.24) is 20.4 Å². The smallest absolute Gasteiger partial charge is 0.234 e. The number of amides is 1. The molecule has 5 nitrogen and oxygen atoms in total. The largest absolute Gasteiger partial charge is 0.353 e. The van der Waals surface area contributed by atoms with E-state index < -0.39 is 0 Å². The summed E-state index contributed by atoms with van der Waals surface area (Å²) in [6.07, 6.45) is 1.06. The van der Waals surface area contributed by atoms with Crippen molar-refractivity contribution >= 4 is 5.91 Å². The van der Waals surface area contributed by atoms with E-state index in [-0.39, 0.29) is 11.4 Å². The zero-order chi connectivity index (χ0) is 14.3. The van der Waals surface area contributed by atoms with Crippen molar-refractivity contribution in [2.75, 3.05) is 52.9 Å². The third-order valence-electron chi connectivity index (χ3n) is 3.79. The van der Waals surface area contributed by atoms with E-state index in [1.54, 1.807) is 0 Å². The molecule has 0 aromatic carbocycles. The Morgan fingerprint density at radius 1 is 1.21 bits per heavy atom. The highest BCUT2D eigenvalue weighted by molar-refractivity contribution is 5.78. The van der Waals surface area contributed by atoms with E-state index in [4.69, 9.17) is 0 Å². The second-order valence-corrected chi connectivity index (χ2v) is 6.06. The van der Waals surface area contributed by atoms with Crippen LogP contribution in [-0.4, -0.2) is 74.1 Å². The zero-order valence-corrected chi connectivity index (χ0v) is 13.0.